The normalized spacial score (nSPS) is 34.9. The Kier molecular flexibility index (Phi) is 2.56. The van der Waals surface area contributed by atoms with Crippen LogP contribution >= 0.6 is 0 Å². The van der Waals surface area contributed by atoms with Crippen molar-refractivity contribution >= 4 is 0 Å². The molecule has 1 aromatic rings. The number of nitrogens with zero attached hydrogens (tertiary/aromatic N) is 4. The molecule has 6 heteroatoms. The maximum Gasteiger partial charge on any atom is 0.295 e. The van der Waals surface area contributed by atoms with Crippen LogP contribution in [-0.2, 0) is 0 Å². The molecule has 4 atom stereocenters. The molecule has 4 aliphatic rings. The van der Waals surface area contributed by atoms with Crippen LogP contribution in [0.3, 0.4) is 0 Å². The molecular weight excluding hydrogens is 280 g/mol. The van der Waals surface area contributed by atoms with Crippen LogP contribution in [-0.4, -0.2) is 21.2 Å². The van der Waals surface area contributed by atoms with Crippen molar-refractivity contribution in [2.45, 2.75) is 75.5 Å². The third kappa shape index (κ3) is 1.50. The van der Waals surface area contributed by atoms with E-state index < -0.39 is 0 Å². The summed E-state index contributed by atoms with van der Waals surface area (Å²) in [6.45, 7) is 0. The minimum Gasteiger partial charge on any atom is -0.280 e. The van der Waals surface area contributed by atoms with Crippen LogP contribution in [0.1, 0.15) is 63.5 Å². The molecule has 2 aliphatic heterocycles. The highest BCUT2D eigenvalue weighted by atomic mass is 16.2. The van der Waals surface area contributed by atoms with Crippen molar-refractivity contribution in [3.8, 4) is 0 Å². The summed E-state index contributed by atoms with van der Waals surface area (Å²) >= 11 is 0. The molecule has 2 aliphatic carbocycles. The van der Waals surface area contributed by atoms with Crippen LogP contribution in [0.25, 0.3) is 0 Å². The molecule has 0 amide bonds. The lowest BCUT2D eigenvalue weighted by Crippen LogP contribution is -2.57. The molecule has 5 rings (SSSR count). The van der Waals surface area contributed by atoms with Gasteiger partial charge in [0.05, 0.1) is 24.2 Å². The van der Waals surface area contributed by atoms with Gasteiger partial charge in [-0.15, -0.1) is 0 Å². The van der Waals surface area contributed by atoms with Crippen molar-refractivity contribution in [1.82, 2.24) is 9.13 Å². The number of fused-ring (bicyclic) bond motifs is 6. The highest BCUT2D eigenvalue weighted by Crippen LogP contribution is 2.32. The van der Waals surface area contributed by atoms with E-state index >= 15 is 0 Å². The second-order valence-electron chi connectivity index (χ2n) is 7.09. The Morgan fingerprint density at radius 1 is 0.682 bits per heavy atom. The highest BCUT2D eigenvalue weighted by molar-refractivity contribution is 5.05. The summed E-state index contributed by atoms with van der Waals surface area (Å²) < 4.78 is 3.36. The van der Waals surface area contributed by atoms with Crippen LogP contribution in [0.5, 0.6) is 0 Å². The van der Waals surface area contributed by atoms with Gasteiger partial charge in [0.15, 0.2) is 11.0 Å². The van der Waals surface area contributed by atoms with Gasteiger partial charge in [-0.2, -0.15) is 0 Å². The minimum atomic E-state index is -0.0813. The van der Waals surface area contributed by atoms with Crippen molar-refractivity contribution in [2.75, 3.05) is 0 Å². The largest absolute Gasteiger partial charge is 0.295 e. The summed E-state index contributed by atoms with van der Waals surface area (Å²) in [6.07, 6.45) is 8.40. The van der Waals surface area contributed by atoms with Gasteiger partial charge < -0.3 is 0 Å². The first-order valence-corrected chi connectivity index (χ1v) is 8.58. The molecule has 22 heavy (non-hydrogen) atoms. The molecule has 2 saturated carbocycles. The SMILES string of the molecule is O=c1c2n(c(=O)c3n1C1CCCCC1N=3)C1CCCCC1N=2. The summed E-state index contributed by atoms with van der Waals surface area (Å²) in [4.78, 5) is 35.2. The molecule has 0 aromatic carbocycles. The predicted octanol–water partition coefficient (Wildman–Crippen LogP) is 0.244. The summed E-state index contributed by atoms with van der Waals surface area (Å²) in [5.74, 6) is 0. The van der Waals surface area contributed by atoms with E-state index in [0.717, 1.165) is 51.4 Å². The number of aromatic nitrogens is 2. The monoisotopic (exact) mass is 300 g/mol. The lowest BCUT2D eigenvalue weighted by molar-refractivity contribution is 0.315. The average Bonchev–Trinajstić information content (AvgIpc) is 3.12. The molecule has 2 fully saturated rings. The van der Waals surface area contributed by atoms with Crippen molar-refractivity contribution in [3.05, 3.63) is 31.7 Å². The van der Waals surface area contributed by atoms with Gasteiger partial charge in [-0.05, 0) is 25.7 Å². The minimum absolute atomic E-state index is 0.0813. The lowest BCUT2D eigenvalue weighted by atomic mass is 9.91. The quantitative estimate of drug-likeness (QED) is 0.689. The van der Waals surface area contributed by atoms with Gasteiger partial charge >= 0.3 is 0 Å². The second kappa shape index (κ2) is 4.40. The summed E-state index contributed by atoms with van der Waals surface area (Å²) in [5, 5.41) is 0. The van der Waals surface area contributed by atoms with Gasteiger partial charge in [0.25, 0.3) is 11.1 Å². The van der Waals surface area contributed by atoms with E-state index in [1.54, 1.807) is 9.13 Å². The van der Waals surface area contributed by atoms with Crippen LogP contribution in [0.15, 0.2) is 19.6 Å². The smallest absolute Gasteiger partial charge is 0.280 e. The Balaban J connectivity index is 1.80. The fourth-order valence-electron chi connectivity index (χ4n) is 4.87. The van der Waals surface area contributed by atoms with Gasteiger partial charge in [-0.1, -0.05) is 25.7 Å². The van der Waals surface area contributed by atoms with Crippen LogP contribution < -0.4 is 22.1 Å². The topological polar surface area (TPSA) is 68.7 Å². The maximum absolute atomic E-state index is 13.0. The van der Waals surface area contributed by atoms with Gasteiger partial charge in [-0.25, -0.2) is 0 Å². The molecule has 0 bridgehead atoms. The van der Waals surface area contributed by atoms with Crippen molar-refractivity contribution < 1.29 is 0 Å². The van der Waals surface area contributed by atoms with Crippen LogP contribution in [0, 0.1) is 0 Å². The average molecular weight is 300 g/mol. The van der Waals surface area contributed by atoms with Crippen molar-refractivity contribution in [2.24, 2.45) is 9.98 Å². The Morgan fingerprint density at radius 2 is 1.09 bits per heavy atom. The van der Waals surface area contributed by atoms with Gasteiger partial charge in [0.2, 0.25) is 0 Å². The zero-order valence-electron chi connectivity index (χ0n) is 12.6. The van der Waals surface area contributed by atoms with E-state index in [4.69, 9.17) is 0 Å². The third-order valence-electron chi connectivity index (χ3n) is 5.90. The summed E-state index contributed by atoms with van der Waals surface area (Å²) in [6, 6.07) is 0.430. The van der Waals surface area contributed by atoms with E-state index in [2.05, 4.69) is 9.98 Å². The molecule has 4 unspecified atom stereocenters. The van der Waals surface area contributed by atoms with E-state index in [1.165, 1.54) is 0 Å². The van der Waals surface area contributed by atoms with E-state index in [9.17, 15) is 9.59 Å². The molecule has 6 nitrogen and oxygen atoms in total. The first kappa shape index (κ1) is 12.8. The molecule has 1 aromatic heterocycles. The first-order valence-electron chi connectivity index (χ1n) is 8.58. The molecule has 3 heterocycles. The van der Waals surface area contributed by atoms with Gasteiger partial charge in [0.1, 0.15) is 0 Å². The third-order valence-corrected chi connectivity index (χ3v) is 5.90. The van der Waals surface area contributed by atoms with E-state index in [0.29, 0.717) is 11.0 Å². The van der Waals surface area contributed by atoms with Gasteiger partial charge in [-0.3, -0.25) is 28.7 Å². The van der Waals surface area contributed by atoms with Crippen molar-refractivity contribution in [1.29, 1.82) is 0 Å². The Bertz CT molecular complexity index is 807. The molecule has 0 saturated heterocycles. The number of hydrogen-bond donors (Lipinski definition) is 0. The highest BCUT2D eigenvalue weighted by Gasteiger charge is 2.38. The Hall–Kier alpha value is -1.72. The Morgan fingerprint density at radius 3 is 1.55 bits per heavy atom. The maximum atomic E-state index is 13.0. The number of hydrogen-bond acceptors (Lipinski definition) is 4. The van der Waals surface area contributed by atoms with Crippen LogP contribution in [0.4, 0.5) is 0 Å². The summed E-state index contributed by atoms with van der Waals surface area (Å²) in [7, 11) is 0. The zero-order valence-corrected chi connectivity index (χ0v) is 12.6. The first-order chi connectivity index (χ1) is 10.8. The lowest BCUT2D eigenvalue weighted by Gasteiger charge is -2.25. The summed E-state index contributed by atoms with van der Waals surface area (Å²) in [5.41, 5.74) is 0.628. The molecular formula is C16H20N4O2. The standard InChI is InChI=1S/C16H20N4O2/c21-15-13-17-9-5-1-3-7-11(9)19(13)16(22)14-18-10-6-2-4-8-12(10)20(14)15/h9-12H,1-8H2. The molecule has 0 N–H and O–H groups in total. The second-order valence-corrected chi connectivity index (χ2v) is 7.09. The predicted molar refractivity (Wildman–Crippen MR) is 79.9 cm³/mol. The van der Waals surface area contributed by atoms with E-state index in [1.807, 2.05) is 0 Å². The fraction of sp³-hybridized carbons (Fsp3) is 0.750. The fourth-order valence-corrected chi connectivity index (χ4v) is 4.87. The molecule has 116 valence electrons. The van der Waals surface area contributed by atoms with Crippen LogP contribution in [0.2, 0.25) is 0 Å². The number of rotatable bonds is 0. The zero-order chi connectivity index (χ0) is 14.8. The van der Waals surface area contributed by atoms with Crippen molar-refractivity contribution in [3.63, 3.8) is 0 Å². The molecule has 0 spiro atoms. The Labute approximate surface area is 127 Å². The van der Waals surface area contributed by atoms with Gasteiger partial charge in [0, 0.05) is 0 Å². The van der Waals surface area contributed by atoms with E-state index in [-0.39, 0.29) is 35.3 Å². The molecule has 0 radical (unpaired) electrons.